The van der Waals surface area contributed by atoms with Crippen molar-refractivity contribution in [3.63, 3.8) is 0 Å². The topological polar surface area (TPSA) is 109 Å². The van der Waals surface area contributed by atoms with Gasteiger partial charge >= 0.3 is 5.97 Å². The molecule has 0 aliphatic carbocycles. The zero-order valence-electron chi connectivity index (χ0n) is 20.6. The SMILES string of the molecule is CCCNC(=O)[C@H]1OC1C(=O)N1C=C(OC(=O)C(C)(C)C)[C@@H]2CCCN2C(=O)[C@@H]1[C@@H](C)CC. The van der Waals surface area contributed by atoms with E-state index in [1.165, 1.54) is 11.1 Å². The van der Waals surface area contributed by atoms with Crippen LogP contribution in [0.15, 0.2) is 12.0 Å². The van der Waals surface area contributed by atoms with E-state index in [1.807, 2.05) is 20.8 Å². The molecule has 0 aromatic rings. The number of hydrogen-bond acceptors (Lipinski definition) is 6. The third-order valence-electron chi connectivity index (χ3n) is 6.49. The third-order valence-corrected chi connectivity index (χ3v) is 6.49. The minimum absolute atomic E-state index is 0.136. The molecule has 9 heteroatoms. The van der Waals surface area contributed by atoms with Crippen LogP contribution in [0, 0.1) is 11.3 Å². The molecule has 5 atom stereocenters. The molecule has 33 heavy (non-hydrogen) atoms. The molecule has 9 nitrogen and oxygen atoms in total. The van der Waals surface area contributed by atoms with Crippen LogP contribution in [0.2, 0.25) is 0 Å². The standard InChI is InChI=1S/C24H37N3O6/c1-7-11-25-20(28)18-19(33-18)22(30)27-13-16(32-23(31)24(4,5)6)15-10-9-12-26(15)21(29)17(27)14(3)8-2/h13-15,17-19H,7-12H2,1-6H3,(H,25,28)/t14-,15-,17-,18-,19?/m0/s1. The van der Waals surface area contributed by atoms with E-state index in [0.717, 1.165) is 12.8 Å². The Hall–Kier alpha value is -2.42. The van der Waals surface area contributed by atoms with Gasteiger partial charge in [-0.05, 0) is 46.0 Å². The number of ether oxygens (including phenoxy) is 2. The number of nitrogens with one attached hydrogen (secondary N) is 1. The zero-order valence-corrected chi connectivity index (χ0v) is 20.6. The molecule has 2 saturated heterocycles. The van der Waals surface area contributed by atoms with Crippen LogP contribution in [0.4, 0.5) is 0 Å². The van der Waals surface area contributed by atoms with E-state index in [-0.39, 0.29) is 17.7 Å². The quantitative estimate of drug-likeness (QED) is 0.457. The highest BCUT2D eigenvalue weighted by Gasteiger charge is 2.55. The number of amides is 3. The summed E-state index contributed by atoms with van der Waals surface area (Å²) in [4.78, 5) is 55.2. The minimum atomic E-state index is -0.954. The molecule has 3 amide bonds. The Morgan fingerprint density at radius 2 is 1.94 bits per heavy atom. The summed E-state index contributed by atoms with van der Waals surface area (Å²) in [6.07, 6.45) is 2.60. The molecule has 3 rings (SSSR count). The molecule has 184 valence electrons. The number of carbonyl (C=O) groups is 4. The van der Waals surface area contributed by atoms with Crippen LogP contribution in [0.5, 0.6) is 0 Å². The molecule has 0 spiro atoms. The van der Waals surface area contributed by atoms with Gasteiger partial charge in [0.25, 0.3) is 11.8 Å². The van der Waals surface area contributed by atoms with E-state index in [9.17, 15) is 19.2 Å². The molecule has 1 unspecified atom stereocenters. The number of nitrogens with zero attached hydrogens (tertiary/aromatic N) is 2. The van der Waals surface area contributed by atoms with Crippen molar-refractivity contribution >= 4 is 23.7 Å². The predicted octanol–water partition coefficient (Wildman–Crippen LogP) is 1.96. The highest BCUT2D eigenvalue weighted by molar-refractivity contribution is 5.98. The Kier molecular flexibility index (Phi) is 7.51. The number of carbonyl (C=O) groups excluding carboxylic acids is 4. The summed E-state index contributed by atoms with van der Waals surface area (Å²) >= 11 is 0. The molecular weight excluding hydrogens is 426 g/mol. The molecule has 0 saturated carbocycles. The van der Waals surface area contributed by atoms with E-state index in [1.54, 1.807) is 25.7 Å². The van der Waals surface area contributed by atoms with E-state index in [4.69, 9.17) is 9.47 Å². The smallest absolute Gasteiger partial charge is 0.316 e. The lowest BCUT2D eigenvalue weighted by atomic mass is 9.96. The van der Waals surface area contributed by atoms with Gasteiger partial charge in [-0.3, -0.25) is 19.2 Å². The molecule has 0 aromatic carbocycles. The maximum Gasteiger partial charge on any atom is 0.316 e. The van der Waals surface area contributed by atoms with Gasteiger partial charge in [-0.1, -0.05) is 27.2 Å². The minimum Gasteiger partial charge on any atom is -0.427 e. The van der Waals surface area contributed by atoms with Gasteiger partial charge in [-0.25, -0.2) is 0 Å². The molecule has 3 aliphatic heterocycles. The number of fused-ring (bicyclic) bond motifs is 1. The van der Waals surface area contributed by atoms with Crippen LogP contribution in [-0.2, 0) is 28.7 Å². The highest BCUT2D eigenvalue weighted by atomic mass is 16.6. The lowest BCUT2D eigenvalue weighted by Gasteiger charge is -2.33. The van der Waals surface area contributed by atoms with E-state index < -0.39 is 41.6 Å². The molecule has 0 aromatic heterocycles. The Balaban J connectivity index is 1.95. The van der Waals surface area contributed by atoms with Crippen molar-refractivity contribution in [1.29, 1.82) is 0 Å². The van der Waals surface area contributed by atoms with Crippen LogP contribution in [0.1, 0.15) is 67.2 Å². The number of esters is 1. The first-order valence-electron chi connectivity index (χ1n) is 12.0. The van der Waals surface area contributed by atoms with Crippen LogP contribution < -0.4 is 5.32 Å². The molecular formula is C24H37N3O6. The summed E-state index contributed by atoms with van der Waals surface area (Å²) in [5.74, 6) is -1.22. The Labute approximate surface area is 195 Å². The zero-order chi connectivity index (χ0) is 24.5. The molecule has 3 aliphatic rings. The third kappa shape index (κ3) is 5.23. The second kappa shape index (κ2) is 9.83. The van der Waals surface area contributed by atoms with Crippen LogP contribution >= 0.6 is 0 Å². The fourth-order valence-electron chi connectivity index (χ4n) is 4.21. The van der Waals surface area contributed by atoms with Crippen molar-refractivity contribution in [2.24, 2.45) is 11.3 Å². The first kappa shape index (κ1) is 25.2. The first-order valence-corrected chi connectivity index (χ1v) is 12.0. The van der Waals surface area contributed by atoms with Crippen molar-refractivity contribution < 1.29 is 28.7 Å². The number of rotatable bonds is 7. The first-order chi connectivity index (χ1) is 15.5. The summed E-state index contributed by atoms with van der Waals surface area (Å²) < 4.78 is 11.2. The van der Waals surface area contributed by atoms with Crippen molar-refractivity contribution in [3.8, 4) is 0 Å². The van der Waals surface area contributed by atoms with Crippen molar-refractivity contribution in [2.75, 3.05) is 13.1 Å². The summed E-state index contributed by atoms with van der Waals surface area (Å²) in [6.45, 7) is 12.1. The lowest BCUT2D eigenvalue weighted by molar-refractivity contribution is -0.150. The fourth-order valence-corrected chi connectivity index (χ4v) is 4.21. The normalized spacial score (nSPS) is 27.9. The van der Waals surface area contributed by atoms with Crippen molar-refractivity contribution in [3.05, 3.63) is 12.0 Å². The monoisotopic (exact) mass is 463 g/mol. The second-order valence-electron chi connectivity index (χ2n) is 10.2. The van der Waals surface area contributed by atoms with Gasteiger partial charge in [0.05, 0.1) is 11.5 Å². The largest absolute Gasteiger partial charge is 0.427 e. The van der Waals surface area contributed by atoms with Crippen molar-refractivity contribution in [2.45, 2.75) is 91.5 Å². The fraction of sp³-hybridized carbons (Fsp3) is 0.750. The molecule has 3 heterocycles. The number of epoxide rings is 1. The summed E-state index contributed by atoms with van der Waals surface area (Å²) in [5.41, 5.74) is -0.742. The van der Waals surface area contributed by atoms with E-state index in [2.05, 4.69) is 5.32 Å². The van der Waals surface area contributed by atoms with Crippen LogP contribution in [-0.4, -0.2) is 70.9 Å². The van der Waals surface area contributed by atoms with E-state index in [0.29, 0.717) is 31.7 Å². The Morgan fingerprint density at radius 1 is 1.24 bits per heavy atom. The van der Waals surface area contributed by atoms with Crippen LogP contribution in [0.3, 0.4) is 0 Å². The van der Waals surface area contributed by atoms with Gasteiger partial charge in [0.15, 0.2) is 12.2 Å². The lowest BCUT2D eigenvalue weighted by Crippen LogP contribution is -2.52. The molecule has 1 N–H and O–H groups in total. The van der Waals surface area contributed by atoms with Gasteiger partial charge in [0.1, 0.15) is 11.8 Å². The van der Waals surface area contributed by atoms with Gasteiger partial charge in [-0.15, -0.1) is 0 Å². The average Bonchev–Trinajstić information content (AvgIpc) is 3.44. The molecule has 2 fully saturated rings. The molecule has 0 bridgehead atoms. The predicted molar refractivity (Wildman–Crippen MR) is 120 cm³/mol. The van der Waals surface area contributed by atoms with Crippen LogP contribution in [0.25, 0.3) is 0 Å². The maximum absolute atomic E-state index is 13.6. The Morgan fingerprint density at radius 3 is 2.55 bits per heavy atom. The van der Waals surface area contributed by atoms with Crippen molar-refractivity contribution in [1.82, 2.24) is 15.1 Å². The highest BCUT2D eigenvalue weighted by Crippen LogP contribution is 2.35. The summed E-state index contributed by atoms with van der Waals surface area (Å²) in [6, 6.07) is -1.14. The van der Waals surface area contributed by atoms with Gasteiger partial charge < -0.3 is 24.6 Å². The summed E-state index contributed by atoms with van der Waals surface area (Å²) in [5, 5.41) is 2.74. The van der Waals surface area contributed by atoms with Gasteiger partial charge in [0, 0.05) is 19.3 Å². The van der Waals surface area contributed by atoms with Gasteiger partial charge in [-0.2, -0.15) is 0 Å². The summed E-state index contributed by atoms with van der Waals surface area (Å²) in [7, 11) is 0. The second-order valence-corrected chi connectivity index (χ2v) is 10.2. The molecule has 0 radical (unpaired) electrons. The average molecular weight is 464 g/mol. The van der Waals surface area contributed by atoms with Gasteiger partial charge in [0.2, 0.25) is 5.91 Å². The maximum atomic E-state index is 13.6. The Bertz CT molecular complexity index is 833. The van der Waals surface area contributed by atoms with E-state index >= 15 is 0 Å². The number of hydrogen-bond donors (Lipinski definition) is 1.